The Labute approximate surface area is 156 Å². The van der Waals surface area contributed by atoms with Gasteiger partial charge in [0.05, 0.1) is 21.3 Å². The number of rotatable bonds is 6. The summed E-state index contributed by atoms with van der Waals surface area (Å²) in [5.74, 6) is 1.72. The monoisotopic (exact) mass is 370 g/mol. The van der Waals surface area contributed by atoms with Crippen LogP contribution in [0.5, 0.6) is 23.0 Å². The Kier molecular flexibility index (Phi) is 5.26. The van der Waals surface area contributed by atoms with Crippen molar-refractivity contribution in [3.05, 3.63) is 46.1 Å². The minimum atomic E-state index is -0.253. The molecule has 0 N–H and O–H groups in total. The van der Waals surface area contributed by atoms with E-state index in [4.69, 9.17) is 23.4 Å². The molecule has 0 aliphatic carbocycles. The molecule has 0 radical (unpaired) electrons. The van der Waals surface area contributed by atoms with Crippen molar-refractivity contribution in [1.82, 2.24) is 0 Å². The van der Waals surface area contributed by atoms with Crippen LogP contribution in [0.4, 0.5) is 0 Å². The van der Waals surface area contributed by atoms with Crippen molar-refractivity contribution in [3.8, 4) is 23.0 Å². The zero-order chi connectivity index (χ0) is 19.6. The second-order valence-corrected chi connectivity index (χ2v) is 6.20. The molecule has 0 atom stereocenters. The van der Waals surface area contributed by atoms with Crippen LogP contribution in [0.3, 0.4) is 0 Å². The summed E-state index contributed by atoms with van der Waals surface area (Å²) in [4.78, 5) is 13.3. The van der Waals surface area contributed by atoms with Gasteiger partial charge in [0.1, 0.15) is 40.0 Å². The number of hydrogen-bond acceptors (Lipinski definition) is 6. The smallest absolute Gasteiger partial charge is 0.208 e. The third kappa shape index (κ3) is 3.43. The lowest BCUT2D eigenvalue weighted by Gasteiger charge is -2.13. The van der Waals surface area contributed by atoms with Gasteiger partial charge in [-0.2, -0.15) is 0 Å². The van der Waals surface area contributed by atoms with E-state index < -0.39 is 0 Å². The first-order valence-electron chi connectivity index (χ1n) is 8.45. The maximum absolute atomic E-state index is 13.3. The van der Waals surface area contributed by atoms with E-state index in [1.165, 1.54) is 14.2 Å². The van der Waals surface area contributed by atoms with Gasteiger partial charge in [-0.3, -0.25) is 4.79 Å². The first-order valence-corrected chi connectivity index (χ1v) is 8.45. The van der Waals surface area contributed by atoms with Crippen LogP contribution in [-0.4, -0.2) is 27.9 Å². The molecular weight excluding hydrogens is 348 g/mol. The Morgan fingerprint density at radius 3 is 2.37 bits per heavy atom. The number of fused-ring (bicyclic) bond motifs is 2. The average molecular weight is 370 g/mol. The Hall–Kier alpha value is -3.15. The zero-order valence-corrected chi connectivity index (χ0v) is 16.0. The first-order chi connectivity index (χ1) is 13.0. The fourth-order valence-corrected chi connectivity index (χ4v) is 2.85. The molecule has 3 rings (SSSR count). The molecule has 0 saturated carbocycles. The molecule has 0 unspecified atom stereocenters. The highest BCUT2D eigenvalue weighted by Crippen LogP contribution is 2.37. The average Bonchev–Trinajstić information content (AvgIpc) is 2.66. The minimum Gasteiger partial charge on any atom is -0.496 e. The van der Waals surface area contributed by atoms with Gasteiger partial charge in [0.15, 0.2) is 11.5 Å². The van der Waals surface area contributed by atoms with E-state index in [9.17, 15) is 4.79 Å². The molecule has 0 spiro atoms. The van der Waals surface area contributed by atoms with Gasteiger partial charge in [0.2, 0.25) is 5.43 Å². The highest BCUT2D eigenvalue weighted by Gasteiger charge is 2.20. The maximum Gasteiger partial charge on any atom is 0.208 e. The molecule has 6 nitrogen and oxygen atoms in total. The molecule has 0 aliphatic rings. The molecule has 1 heterocycles. The predicted octanol–water partition coefficient (Wildman–Crippen LogP) is 4.32. The molecule has 6 heteroatoms. The van der Waals surface area contributed by atoms with Gasteiger partial charge >= 0.3 is 0 Å². The minimum absolute atomic E-state index is 0.253. The molecule has 27 heavy (non-hydrogen) atoms. The third-order valence-corrected chi connectivity index (χ3v) is 4.19. The van der Waals surface area contributed by atoms with Crippen LogP contribution in [0.2, 0.25) is 0 Å². The van der Waals surface area contributed by atoms with Gasteiger partial charge in [0, 0.05) is 12.1 Å². The molecule has 0 aliphatic heterocycles. The number of allylic oxidation sites excluding steroid dienone is 1. The van der Waals surface area contributed by atoms with Crippen molar-refractivity contribution in [3.63, 3.8) is 0 Å². The lowest BCUT2D eigenvalue weighted by molar-refractivity contribution is 0.357. The summed E-state index contributed by atoms with van der Waals surface area (Å²) in [6.07, 6.45) is 1.93. The van der Waals surface area contributed by atoms with Crippen molar-refractivity contribution >= 4 is 21.9 Å². The van der Waals surface area contributed by atoms with E-state index in [-0.39, 0.29) is 5.43 Å². The lowest BCUT2D eigenvalue weighted by atomic mass is 10.1. The first kappa shape index (κ1) is 18.6. The summed E-state index contributed by atoms with van der Waals surface area (Å²) in [6, 6.07) is 6.72. The van der Waals surface area contributed by atoms with Crippen LogP contribution in [0.25, 0.3) is 21.9 Å². The van der Waals surface area contributed by atoms with Gasteiger partial charge in [0.25, 0.3) is 0 Å². The highest BCUT2D eigenvalue weighted by molar-refractivity contribution is 5.97. The van der Waals surface area contributed by atoms with E-state index in [0.717, 1.165) is 5.57 Å². The van der Waals surface area contributed by atoms with Gasteiger partial charge in [-0.05, 0) is 32.1 Å². The Balaban J connectivity index is 2.35. The third-order valence-electron chi connectivity index (χ3n) is 4.19. The quantitative estimate of drug-likeness (QED) is 0.476. The van der Waals surface area contributed by atoms with Crippen LogP contribution in [0.15, 0.2) is 45.1 Å². The SMILES string of the molecule is COc1cc(OCC=C(C)C)c2c(=O)c3c(OC)c(OC)ccc3oc2c1. The standard InChI is InChI=1S/C21H22O6/c1-12(2)8-9-26-16-10-13(23-3)11-17-18(16)20(22)19-14(27-17)6-7-15(24-4)21(19)25-5/h6-8,10-11H,9H2,1-5H3. The van der Waals surface area contributed by atoms with Crippen LogP contribution < -0.4 is 24.4 Å². The summed E-state index contributed by atoms with van der Waals surface area (Å²) in [5.41, 5.74) is 1.64. The van der Waals surface area contributed by atoms with Crippen molar-refractivity contribution in [2.45, 2.75) is 13.8 Å². The molecule has 0 fully saturated rings. The van der Waals surface area contributed by atoms with E-state index >= 15 is 0 Å². The summed E-state index contributed by atoms with van der Waals surface area (Å²) < 4.78 is 27.9. The number of hydrogen-bond donors (Lipinski definition) is 0. The largest absolute Gasteiger partial charge is 0.496 e. The maximum atomic E-state index is 13.3. The molecular formula is C21H22O6. The van der Waals surface area contributed by atoms with Crippen LogP contribution in [-0.2, 0) is 0 Å². The zero-order valence-electron chi connectivity index (χ0n) is 16.0. The molecule has 1 aromatic heterocycles. The van der Waals surface area contributed by atoms with E-state index in [1.807, 2.05) is 19.9 Å². The van der Waals surface area contributed by atoms with Crippen molar-refractivity contribution in [2.24, 2.45) is 0 Å². The highest BCUT2D eigenvalue weighted by atomic mass is 16.5. The Morgan fingerprint density at radius 2 is 1.74 bits per heavy atom. The number of ether oxygens (including phenoxy) is 4. The topological polar surface area (TPSA) is 67.1 Å². The molecule has 0 saturated heterocycles. The fourth-order valence-electron chi connectivity index (χ4n) is 2.85. The van der Waals surface area contributed by atoms with Crippen LogP contribution in [0, 0.1) is 0 Å². The summed E-state index contributed by atoms with van der Waals surface area (Å²) in [7, 11) is 4.56. The predicted molar refractivity (Wildman–Crippen MR) is 105 cm³/mol. The van der Waals surface area contributed by atoms with Gasteiger partial charge < -0.3 is 23.4 Å². The van der Waals surface area contributed by atoms with Crippen molar-refractivity contribution in [1.29, 1.82) is 0 Å². The van der Waals surface area contributed by atoms with Crippen molar-refractivity contribution in [2.75, 3.05) is 27.9 Å². The Morgan fingerprint density at radius 1 is 0.963 bits per heavy atom. The normalized spacial score (nSPS) is 10.7. The van der Waals surface area contributed by atoms with Crippen molar-refractivity contribution < 1.29 is 23.4 Å². The molecule has 142 valence electrons. The Bertz CT molecular complexity index is 1070. The summed E-state index contributed by atoms with van der Waals surface area (Å²) in [6.45, 7) is 4.29. The lowest BCUT2D eigenvalue weighted by Crippen LogP contribution is -2.08. The van der Waals surface area contributed by atoms with E-state index in [0.29, 0.717) is 51.5 Å². The second-order valence-electron chi connectivity index (χ2n) is 6.20. The van der Waals surface area contributed by atoms with Gasteiger partial charge in [-0.15, -0.1) is 0 Å². The number of benzene rings is 2. The number of methoxy groups -OCH3 is 3. The second kappa shape index (κ2) is 7.61. The van der Waals surface area contributed by atoms with E-state index in [2.05, 4.69) is 0 Å². The molecule has 0 amide bonds. The molecule has 2 aromatic carbocycles. The molecule has 0 bridgehead atoms. The van der Waals surface area contributed by atoms with Gasteiger partial charge in [-0.25, -0.2) is 0 Å². The van der Waals surface area contributed by atoms with Crippen LogP contribution >= 0.6 is 0 Å². The fraction of sp³-hybridized carbons (Fsp3) is 0.286. The summed E-state index contributed by atoms with van der Waals surface area (Å²) >= 11 is 0. The summed E-state index contributed by atoms with van der Waals surface area (Å²) in [5, 5.41) is 0.638. The van der Waals surface area contributed by atoms with Gasteiger partial charge in [-0.1, -0.05) is 5.57 Å². The molecule has 3 aromatic rings. The van der Waals surface area contributed by atoms with E-state index in [1.54, 1.807) is 31.4 Å². The van der Waals surface area contributed by atoms with Crippen LogP contribution in [0.1, 0.15) is 13.8 Å².